The molecule has 2 aromatic carbocycles. The number of hydrogen-bond donors (Lipinski definition) is 1. The van der Waals surface area contributed by atoms with Crippen molar-refractivity contribution < 1.29 is 24.3 Å². The van der Waals surface area contributed by atoms with Gasteiger partial charge >= 0.3 is 5.97 Å². The van der Waals surface area contributed by atoms with Gasteiger partial charge in [0.25, 0.3) is 0 Å². The molecule has 0 amide bonds. The standard InChI is InChI=1S/C22H22O5/c1-12(23)17-8-6-15(10-19(17)13(2)24)22(4,5)16-7-9-18(21(26)27)20(11-16)14(3)25/h6-11H,1-5H3,(H,26,27). The highest BCUT2D eigenvalue weighted by Gasteiger charge is 2.27. The number of benzene rings is 2. The fourth-order valence-corrected chi connectivity index (χ4v) is 3.11. The van der Waals surface area contributed by atoms with E-state index in [1.807, 2.05) is 13.8 Å². The van der Waals surface area contributed by atoms with Gasteiger partial charge in [-0.15, -0.1) is 0 Å². The lowest BCUT2D eigenvalue weighted by Crippen LogP contribution is -2.21. The van der Waals surface area contributed by atoms with Crippen molar-refractivity contribution in [2.75, 3.05) is 0 Å². The Balaban J connectivity index is 2.65. The molecule has 0 spiro atoms. The average molecular weight is 366 g/mol. The first-order chi connectivity index (χ1) is 12.5. The quantitative estimate of drug-likeness (QED) is 0.769. The molecule has 2 aromatic rings. The Morgan fingerprint density at radius 3 is 1.41 bits per heavy atom. The van der Waals surface area contributed by atoms with Gasteiger partial charge < -0.3 is 5.11 Å². The molecule has 2 rings (SSSR count). The van der Waals surface area contributed by atoms with E-state index in [0.29, 0.717) is 11.1 Å². The second-order valence-electron chi connectivity index (χ2n) is 7.12. The number of carboxylic acids is 1. The summed E-state index contributed by atoms with van der Waals surface area (Å²) in [5.74, 6) is -1.88. The van der Waals surface area contributed by atoms with Crippen LogP contribution < -0.4 is 0 Å². The van der Waals surface area contributed by atoms with Crippen molar-refractivity contribution in [1.29, 1.82) is 0 Å². The molecule has 0 saturated heterocycles. The molecular weight excluding hydrogens is 344 g/mol. The van der Waals surface area contributed by atoms with Crippen molar-refractivity contribution in [2.45, 2.75) is 40.0 Å². The summed E-state index contributed by atoms with van der Waals surface area (Å²) in [6.45, 7) is 7.98. The van der Waals surface area contributed by atoms with E-state index >= 15 is 0 Å². The number of hydrogen-bond acceptors (Lipinski definition) is 4. The molecule has 0 saturated carbocycles. The summed E-state index contributed by atoms with van der Waals surface area (Å²) in [5.41, 5.74) is 1.73. The molecule has 0 atom stereocenters. The summed E-state index contributed by atoms with van der Waals surface area (Å²) in [5, 5.41) is 9.28. The Labute approximate surface area is 158 Å². The molecule has 0 aliphatic heterocycles. The van der Waals surface area contributed by atoms with Crippen LogP contribution in [0.5, 0.6) is 0 Å². The molecule has 5 heteroatoms. The van der Waals surface area contributed by atoms with Crippen LogP contribution in [-0.4, -0.2) is 28.4 Å². The maximum absolute atomic E-state index is 12.0. The lowest BCUT2D eigenvalue weighted by atomic mass is 9.76. The SMILES string of the molecule is CC(=O)c1ccc(C(C)(C)c2ccc(C(=O)O)c(C(C)=O)c2)cc1C(C)=O. The molecule has 0 aliphatic carbocycles. The predicted octanol–water partition coefficient (Wildman–Crippen LogP) is 4.32. The molecule has 0 heterocycles. The summed E-state index contributed by atoms with van der Waals surface area (Å²) >= 11 is 0. The third-order valence-electron chi connectivity index (χ3n) is 4.85. The van der Waals surface area contributed by atoms with Crippen LogP contribution in [0.25, 0.3) is 0 Å². The van der Waals surface area contributed by atoms with E-state index in [-0.39, 0.29) is 28.5 Å². The Morgan fingerprint density at radius 2 is 1.04 bits per heavy atom. The number of carboxylic acid groups (broad SMARTS) is 1. The van der Waals surface area contributed by atoms with E-state index in [4.69, 9.17) is 0 Å². The average Bonchev–Trinajstić information content (AvgIpc) is 2.60. The van der Waals surface area contributed by atoms with Crippen molar-refractivity contribution in [3.8, 4) is 0 Å². The summed E-state index contributed by atoms with van der Waals surface area (Å²) < 4.78 is 0. The monoisotopic (exact) mass is 366 g/mol. The van der Waals surface area contributed by atoms with Crippen LogP contribution in [0.3, 0.4) is 0 Å². The van der Waals surface area contributed by atoms with Gasteiger partial charge in [0.15, 0.2) is 17.3 Å². The van der Waals surface area contributed by atoms with Crippen molar-refractivity contribution in [3.05, 3.63) is 69.8 Å². The first-order valence-electron chi connectivity index (χ1n) is 8.52. The first kappa shape index (κ1) is 20.2. The molecule has 0 radical (unpaired) electrons. The highest BCUT2D eigenvalue weighted by molar-refractivity contribution is 6.07. The minimum atomic E-state index is -1.16. The maximum Gasteiger partial charge on any atom is 0.336 e. The first-order valence-corrected chi connectivity index (χ1v) is 8.52. The molecule has 0 fully saturated rings. The molecule has 0 bridgehead atoms. The molecule has 27 heavy (non-hydrogen) atoms. The minimum Gasteiger partial charge on any atom is -0.478 e. The summed E-state index contributed by atoms with van der Waals surface area (Å²) in [6, 6.07) is 9.78. The van der Waals surface area contributed by atoms with Gasteiger partial charge in [0.05, 0.1) is 5.56 Å². The van der Waals surface area contributed by atoms with Gasteiger partial charge in [-0.05, 0) is 50.1 Å². The summed E-state index contributed by atoms with van der Waals surface area (Å²) in [7, 11) is 0. The van der Waals surface area contributed by atoms with Crippen LogP contribution in [-0.2, 0) is 5.41 Å². The maximum atomic E-state index is 12.0. The molecule has 140 valence electrons. The number of carbonyl (C=O) groups is 4. The highest BCUT2D eigenvalue weighted by Crippen LogP contribution is 2.34. The summed E-state index contributed by atoms with van der Waals surface area (Å²) in [4.78, 5) is 47.0. The van der Waals surface area contributed by atoms with Gasteiger partial charge in [-0.1, -0.05) is 32.0 Å². The molecule has 0 aromatic heterocycles. The van der Waals surface area contributed by atoms with Crippen LogP contribution >= 0.6 is 0 Å². The zero-order valence-corrected chi connectivity index (χ0v) is 16.0. The Morgan fingerprint density at radius 1 is 0.667 bits per heavy atom. The van der Waals surface area contributed by atoms with Crippen LogP contribution in [0.2, 0.25) is 0 Å². The molecular formula is C22H22O5. The third kappa shape index (κ3) is 3.87. The van der Waals surface area contributed by atoms with E-state index in [1.54, 1.807) is 30.3 Å². The van der Waals surface area contributed by atoms with Crippen LogP contribution in [0.1, 0.15) is 87.2 Å². The Hall–Kier alpha value is -3.08. The van der Waals surface area contributed by atoms with E-state index < -0.39 is 11.4 Å². The number of ketones is 3. The Kier molecular flexibility index (Phi) is 5.45. The van der Waals surface area contributed by atoms with Gasteiger partial charge in [0.2, 0.25) is 0 Å². The number of aromatic carboxylic acids is 1. The third-order valence-corrected chi connectivity index (χ3v) is 4.85. The lowest BCUT2D eigenvalue weighted by molar-refractivity contribution is 0.0692. The topological polar surface area (TPSA) is 88.5 Å². The van der Waals surface area contributed by atoms with Gasteiger partial charge in [0.1, 0.15) is 0 Å². The van der Waals surface area contributed by atoms with E-state index in [0.717, 1.165) is 11.1 Å². The Bertz CT molecular complexity index is 889. The smallest absolute Gasteiger partial charge is 0.336 e. The van der Waals surface area contributed by atoms with Gasteiger partial charge in [-0.25, -0.2) is 4.79 Å². The van der Waals surface area contributed by atoms with E-state index in [1.165, 1.54) is 26.8 Å². The predicted molar refractivity (Wildman–Crippen MR) is 102 cm³/mol. The molecule has 1 N–H and O–H groups in total. The normalized spacial score (nSPS) is 11.1. The van der Waals surface area contributed by atoms with Crippen molar-refractivity contribution in [2.24, 2.45) is 0 Å². The zero-order valence-electron chi connectivity index (χ0n) is 16.0. The van der Waals surface area contributed by atoms with E-state index in [2.05, 4.69) is 0 Å². The second-order valence-corrected chi connectivity index (χ2v) is 7.12. The highest BCUT2D eigenvalue weighted by atomic mass is 16.4. The fraction of sp³-hybridized carbons (Fsp3) is 0.273. The number of rotatable bonds is 6. The molecule has 5 nitrogen and oxygen atoms in total. The van der Waals surface area contributed by atoms with Crippen molar-refractivity contribution in [3.63, 3.8) is 0 Å². The fourth-order valence-electron chi connectivity index (χ4n) is 3.11. The van der Waals surface area contributed by atoms with Crippen LogP contribution in [0.4, 0.5) is 0 Å². The molecule has 0 aliphatic rings. The van der Waals surface area contributed by atoms with Crippen LogP contribution in [0.15, 0.2) is 36.4 Å². The van der Waals surface area contributed by atoms with Crippen LogP contribution in [0, 0.1) is 0 Å². The van der Waals surface area contributed by atoms with Gasteiger partial charge in [-0.3, -0.25) is 14.4 Å². The largest absolute Gasteiger partial charge is 0.478 e. The van der Waals surface area contributed by atoms with Gasteiger partial charge in [0, 0.05) is 22.1 Å². The van der Waals surface area contributed by atoms with Crippen molar-refractivity contribution >= 4 is 23.3 Å². The minimum absolute atomic E-state index is 0.0431. The van der Waals surface area contributed by atoms with Gasteiger partial charge in [-0.2, -0.15) is 0 Å². The summed E-state index contributed by atoms with van der Waals surface area (Å²) in [6.07, 6.45) is 0. The number of carbonyl (C=O) groups excluding carboxylic acids is 3. The molecule has 0 unspecified atom stereocenters. The second kappa shape index (κ2) is 7.27. The number of Topliss-reactive ketones (excluding diaryl/α,β-unsaturated/α-hetero) is 3. The zero-order chi connectivity index (χ0) is 20.5. The lowest BCUT2D eigenvalue weighted by Gasteiger charge is -2.27. The van der Waals surface area contributed by atoms with Crippen molar-refractivity contribution in [1.82, 2.24) is 0 Å². The van der Waals surface area contributed by atoms with E-state index in [9.17, 15) is 24.3 Å².